The SMILES string of the molecule is Cc1nc(-c2cccc(C(=O)NCCN3CCOCC3)c2)sc1C. The number of benzene rings is 1. The maximum Gasteiger partial charge on any atom is 0.251 e. The third-order valence-corrected chi connectivity index (χ3v) is 5.34. The molecular weight excluding hydrogens is 322 g/mol. The van der Waals surface area contributed by atoms with Crippen molar-refractivity contribution >= 4 is 17.2 Å². The lowest BCUT2D eigenvalue weighted by molar-refractivity contribution is 0.0383. The average Bonchev–Trinajstić information content (AvgIpc) is 2.95. The van der Waals surface area contributed by atoms with Gasteiger partial charge in [0.15, 0.2) is 0 Å². The second kappa shape index (κ2) is 7.88. The summed E-state index contributed by atoms with van der Waals surface area (Å²) in [5.74, 6) is -0.0323. The van der Waals surface area contributed by atoms with Gasteiger partial charge in [-0.2, -0.15) is 0 Å². The Labute approximate surface area is 146 Å². The lowest BCUT2D eigenvalue weighted by atomic mass is 10.1. The molecule has 2 aromatic rings. The molecule has 1 fully saturated rings. The highest BCUT2D eigenvalue weighted by molar-refractivity contribution is 7.15. The van der Waals surface area contributed by atoms with E-state index < -0.39 is 0 Å². The molecule has 0 saturated carbocycles. The Bertz CT molecular complexity index is 689. The zero-order valence-electron chi connectivity index (χ0n) is 14.2. The molecule has 1 N–H and O–H groups in total. The van der Waals surface area contributed by atoms with Gasteiger partial charge >= 0.3 is 0 Å². The van der Waals surface area contributed by atoms with Gasteiger partial charge in [-0.3, -0.25) is 9.69 Å². The van der Waals surface area contributed by atoms with Gasteiger partial charge in [0.25, 0.3) is 5.91 Å². The van der Waals surface area contributed by atoms with E-state index in [1.807, 2.05) is 31.2 Å². The fraction of sp³-hybridized carbons (Fsp3) is 0.444. The van der Waals surface area contributed by atoms with E-state index in [2.05, 4.69) is 22.1 Å². The standard InChI is InChI=1S/C18H23N3O2S/c1-13-14(2)24-18(20-13)16-5-3-4-15(12-16)17(22)19-6-7-21-8-10-23-11-9-21/h3-5,12H,6-11H2,1-2H3,(H,19,22). The summed E-state index contributed by atoms with van der Waals surface area (Å²) < 4.78 is 5.33. The largest absolute Gasteiger partial charge is 0.379 e. The fourth-order valence-electron chi connectivity index (χ4n) is 2.64. The highest BCUT2D eigenvalue weighted by atomic mass is 32.1. The van der Waals surface area contributed by atoms with Crippen molar-refractivity contribution in [3.8, 4) is 10.6 Å². The van der Waals surface area contributed by atoms with Crippen molar-refractivity contribution in [1.29, 1.82) is 0 Å². The number of carbonyl (C=O) groups is 1. The van der Waals surface area contributed by atoms with E-state index in [-0.39, 0.29) is 5.91 Å². The first-order valence-corrected chi connectivity index (χ1v) is 9.08. The second-order valence-electron chi connectivity index (χ2n) is 5.95. The number of hydrogen-bond donors (Lipinski definition) is 1. The lowest BCUT2D eigenvalue weighted by Gasteiger charge is -2.26. The van der Waals surface area contributed by atoms with Crippen LogP contribution >= 0.6 is 11.3 Å². The average molecular weight is 345 g/mol. The summed E-state index contributed by atoms with van der Waals surface area (Å²) in [5.41, 5.74) is 2.73. The highest BCUT2D eigenvalue weighted by Crippen LogP contribution is 2.27. The number of thiazole rings is 1. The molecule has 128 valence electrons. The molecule has 3 rings (SSSR count). The summed E-state index contributed by atoms with van der Waals surface area (Å²) in [7, 11) is 0. The first kappa shape index (κ1) is 17.1. The zero-order chi connectivity index (χ0) is 16.9. The molecule has 1 aromatic heterocycles. The van der Waals surface area contributed by atoms with Gasteiger partial charge in [-0.05, 0) is 26.0 Å². The Morgan fingerprint density at radius 1 is 1.33 bits per heavy atom. The van der Waals surface area contributed by atoms with Crippen molar-refractivity contribution in [2.24, 2.45) is 0 Å². The smallest absolute Gasteiger partial charge is 0.251 e. The molecule has 24 heavy (non-hydrogen) atoms. The number of rotatable bonds is 5. The van der Waals surface area contributed by atoms with E-state index in [0.29, 0.717) is 12.1 Å². The van der Waals surface area contributed by atoms with Crippen LogP contribution in [-0.2, 0) is 4.74 Å². The van der Waals surface area contributed by atoms with Crippen LogP contribution < -0.4 is 5.32 Å². The van der Waals surface area contributed by atoms with Crippen LogP contribution in [0.4, 0.5) is 0 Å². The topological polar surface area (TPSA) is 54.5 Å². The molecule has 1 saturated heterocycles. The summed E-state index contributed by atoms with van der Waals surface area (Å²) in [6, 6.07) is 7.68. The van der Waals surface area contributed by atoms with Gasteiger partial charge in [0, 0.05) is 42.2 Å². The molecule has 1 aromatic carbocycles. The van der Waals surface area contributed by atoms with E-state index in [0.717, 1.165) is 49.1 Å². The first-order chi connectivity index (χ1) is 11.6. The zero-order valence-corrected chi connectivity index (χ0v) is 15.0. The molecule has 0 bridgehead atoms. The van der Waals surface area contributed by atoms with Gasteiger partial charge in [-0.15, -0.1) is 11.3 Å². The van der Waals surface area contributed by atoms with Crippen LogP contribution in [0.3, 0.4) is 0 Å². The van der Waals surface area contributed by atoms with Crippen LogP contribution in [0, 0.1) is 13.8 Å². The molecule has 1 aliphatic heterocycles. The van der Waals surface area contributed by atoms with Gasteiger partial charge in [0.2, 0.25) is 0 Å². The summed E-state index contributed by atoms with van der Waals surface area (Å²) in [4.78, 5) is 20.5. The monoisotopic (exact) mass is 345 g/mol. The van der Waals surface area contributed by atoms with E-state index in [9.17, 15) is 4.79 Å². The molecule has 0 aliphatic carbocycles. The third kappa shape index (κ3) is 4.20. The van der Waals surface area contributed by atoms with Gasteiger partial charge < -0.3 is 10.1 Å². The Kier molecular flexibility index (Phi) is 5.60. The van der Waals surface area contributed by atoms with Gasteiger partial charge in [-0.25, -0.2) is 4.98 Å². The number of hydrogen-bond acceptors (Lipinski definition) is 5. The molecule has 1 aliphatic rings. The summed E-state index contributed by atoms with van der Waals surface area (Å²) in [6.07, 6.45) is 0. The summed E-state index contributed by atoms with van der Waals surface area (Å²) in [5, 5.41) is 3.97. The molecule has 0 unspecified atom stereocenters. The number of nitrogens with one attached hydrogen (secondary N) is 1. The van der Waals surface area contributed by atoms with Gasteiger partial charge in [0.05, 0.1) is 18.9 Å². The number of aromatic nitrogens is 1. The lowest BCUT2D eigenvalue weighted by Crippen LogP contribution is -2.41. The summed E-state index contributed by atoms with van der Waals surface area (Å²) in [6.45, 7) is 9.03. The van der Waals surface area contributed by atoms with Crippen molar-refractivity contribution in [2.75, 3.05) is 39.4 Å². The molecule has 2 heterocycles. The number of nitrogens with zero attached hydrogens (tertiary/aromatic N) is 2. The van der Waals surface area contributed by atoms with E-state index >= 15 is 0 Å². The van der Waals surface area contributed by atoms with Crippen LogP contribution in [0.2, 0.25) is 0 Å². The van der Waals surface area contributed by atoms with E-state index in [4.69, 9.17) is 4.74 Å². The minimum absolute atomic E-state index is 0.0323. The molecule has 0 radical (unpaired) electrons. The molecule has 1 amide bonds. The Balaban J connectivity index is 1.59. The van der Waals surface area contributed by atoms with Crippen LogP contribution in [0.25, 0.3) is 10.6 Å². The number of morpholine rings is 1. The van der Waals surface area contributed by atoms with Crippen LogP contribution in [0.5, 0.6) is 0 Å². The first-order valence-electron chi connectivity index (χ1n) is 8.26. The maximum atomic E-state index is 12.4. The second-order valence-corrected chi connectivity index (χ2v) is 7.15. The number of ether oxygens (including phenoxy) is 1. The van der Waals surface area contributed by atoms with E-state index in [1.54, 1.807) is 11.3 Å². The minimum Gasteiger partial charge on any atom is -0.379 e. The van der Waals surface area contributed by atoms with Crippen LogP contribution in [0.15, 0.2) is 24.3 Å². The minimum atomic E-state index is -0.0323. The van der Waals surface area contributed by atoms with E-state index in [1.165, 1.54) is 4.88 Å². The van der Waals surface area contributed by atoms with Crippen LogP contribution in [0.1, 0.15) is 20.9 Å². The molecule has 5 nitrogen and oxygen atoms in total. The van der Waals surface area contributed by atoms with Crippen LogP contribution in [-0.4, -0.2) is 55.2 Å². The van der Waals surface area contributed by atoms with Crippen molar-refractivity contribution in [3.05, 3.63) is 40.4 Å². The Morgan fingerprint density at radius 2 is 2.12 bits per heavy atom. The Morgan fingerprint density at radius 3 is 2.83 bits per heavy atom. The van der Waals surface area contributed by atoms with Gasteiger partial charge in [-0.1, -0.05) is 12.1 Å². The number of amides is 1. The van der Waals surface area contributed by atoms with Crippen molar-refractivity contribution < 1.29 is 9.53 Å². The molecule has 0 spiro atoms. The third-order valence-electron chi connectivity index (χ3n) is 4.22. The number of carbonyl (C=O) groups excluding carboxylic acids is 1. The Hall–Kier alpha value is -1.76. The predicted octanol–water partition coefficient (Wildman–Crippen LogP) is 2.49. The van der Waals surface area contributed by atoms with Gasteiger partial charge in [0.1, 0.15) is 5.01 Å². The van der Waals surface area contributed by atoms with Crippen molar-refractivity contribution in [2.45, 2.75) is 13.8 Å². The summed E-state index contributed by atoms with van der Waals surface area (Å²) >= 11 is 1.66. The quantitative estimate of drug-likeness (QED) is 0.905. The predicted molar refractivity (Wildman–Crippen MR) is 96.6 cm³/mol. The normalized spacial score (nSPS) is 15.4. The molecule has 0 atom stereocenters. The maximum absolute atomic E-state index is 12.4. The van der Waals surface area contributed by atoms with Crippen molar-refractivity contribution in [3.63, 3.8) is 0 Å². The molecular formula is C18H23N3O2S. The molecule has 6 heteroatoms. The highest BCUT2D eigenvalue weighted by Gasteiger charge is 2.12. The van der Waals surface area contributed by atoms with Crippen molar-refractivity contribution in [1.82, 2.24) is 15.2 Å². The number of aryl methyl sites for hydroxylation is 2. The fourth-order valence-corrected chi connectivity index (χ4v) is 3.55.